The van der Waals surface area contributed by atoms with Gasteiger partial charge in [0, 0.05) is 31.7 Å². The molecular weight excluding hydrogens is 298 g/mol. The molecule has 1 rings (SSSR count). The lowest BCUT2D eigenvalue weighted by molar-refractivity contribution is -0.455. The molecule has 23 heavy (non-hydrogen) atoms. The van der Waals surface area contributed by atoms with Crippen LogP contribution in [0, 0.1) is 0 Å². The molecule has 1 aliphatic rings. The number of nitrogens with zero attached hydrogens (tertiary/aromatic N) is 1. The highest BCUT2D eigenvalue weighted by molar-refractivity contribution is 6.15. The number of carbonyl (C=O) groups excluding carboxylic acids is 2. The molecular formula is C17H29NO5. The van der Waals surface area contributed by atoms with Crippen LogP contribution < -0.4 is 0 Å². The zero-order chi connectivity index (χ0) is 17.7. The van der Waals surface area contributed by atoms with E-state index in [0.717, 1.165) is 12.8 Å². The fraction of sp³-hybridized carbons (Fsp3) is 0.765. The van der Waals surface area contributed by atoms with E-state index in [2.05, 4.69) is 6.92 Å². The maximum atomic E-state index is 11.8. The molecule has 0 saturated heterocycles. The second kappa shape index (κ2) is 8.04. The molecule has 0 aliphatic carbocycles. The van der Waals surface area contributed by atoms with Crippen LogP contribution in [0.1, 0.15) is 60.3 Å². The van der Waals surface area contributed by atoms with Crippen LogP contribution in [0.4, 0.5) is 0 Å². The molecule has 0 saturated carbocycles. The number of methoxy groups -OCH3 is 1. The lowest BCUT2D eigenvalue weighted by atomic mass is 10.0. The molecule has 1 aliphatic heterocycles. The van der Waals surface area contributed by atoms with Crippen molar-refractivity contribution in [3.05, 3.63) is 11.6 Å². The van der Waals surface area contributed by atoms with Crippen LogP contribution in [0.2, 0.25) is 0 Å². The summed E-state index contributed by atoms with van der Waals surface area (Å²) in [4.78, 5) is 35.8. The van der Waals surface area contributed by atoms with Gasteiger partial charge in [0.1, 0.15) is 0 Å². The predicted molar refractivity (Wildman–Crippen MR) is 86.3 cm³/mol. The van der Waals surface area contributed by atoms with Crippen LogP contribution in [0.3, 0.4) is 0 Å². The summed E-state index contributed by atoms with van der Waals surface area (Å²) in [7, 11) is 1.55. The van der Waals surface area contributed by atoms with Crippen LogP contribution in [-0.4, -0.2) is 41.8 Å². The van der Waals surface area contributed by atoms with E-state index in [1.54, 1.807) is 21.0 Å². The molecule has 0 N–H and O–H groups in total. The van der Waals surface area contributed by atoms with Crippen LogP contribution in [0.25, 0.3) is 0 Å². The van der Waals surface area contributed by atoms with Crippen molar-refractivity contribution in [2.45, 2.75) is 71.7 Å². The van der Waals surface area contributed by atoms with Gasteiger partial charge in [0.2, 0.25) is 0 Å². The summed E-state index contributed by atoms with van der Waals surface area (Å²) in [6.45, 7) is 9.77. The number of carbonyl (C=O) groups is 2. The van der Waals surface area contributed by atoms with Crippen molar-refractivity contribution in [2.75, 3.05) is 13.7 Å². The highest BCUT2D eigenvalue weighted by atomic mass is 17.2. The molecule has 6 nitrogen and oxygen atoms in total. The lowest BCUT2D eigenvalue weighted by Crippen LogP contribution is -2.38. The van der Waals surface area contributed by atoms with Crippen molar-refractivity contribution < 1.29 is 24.1 Å². The van der Waals surface area contributed by atoms with Gasteiger partial charge in [-0.15, -0.1) is 0 Å². The number of hydrogen-bond donors (Lipinski definition) is 0. The average Bonchev–Trinajstić information content (AvgIpc) is 2.71. The summed E-state index contributed by atoms with van der Waals surface area (Å²) < 4.78 is 5.40. The summed E-state index contributed by atoms with van der Waals surface area (Å²) in [5.41, 5.74) is 0.0848. The largest absolute Gasteiger partial charge is 0.351 e. The second-order valence-electron chi connectivity index (χ2n) is 6.74. The van der Waals surface area contributed by atoms with Gasteiger partial charge in [-0.3, -0.25) is 14.5 Å². The molecule has 0 aromatic rings. The van der Waals surface area contributed by atoms with Crippen LogP contribution in [-0.2, 0) is 24.1 Å². The first-order chi connectivity index (χ1) is 10.6. The molecule has 132 valence electrons. The van der Waals surface area contributed by atoms with Crippen LogP contribution in [0.5, 0.6) is 0 Å². The minimum absolute atomic E-state index is 0.227. The molecule has 0 fully saturated rings. The fourth-order valence-corrected chi connectivity index (χ4v) is 2.43. The van der Waals surface area contributed by atoms with E-state index in [-0.39, 0.29) is 11.8 Å². The first-order valence-corrected chi connectivity index (χ1v) is 8.10. The van der Waals surface area contributed by atoms with Crippen molar-refractivity contribution >= 4 is 11.8 Å². The molecule has 0 bridgehead atoms. The fourth-order valence-electron chi connectivity index (χ4n) is 2.43. The van der Waals surface area contributed by atoms with E-state index < -0.39 is 11.4 Å². The zero-order valence-electron chi connectivity index (χ0n) is 15.1. The predicted octanol–water partition coefficient (Wildman–Crippen LogP) is 2.97. The summed E-state index contributed by atoms with van der Waals surface area (Å²) in [6, 6.07) is 0. The molecule has 1 unspecified atom stereocenters. The van der Waals surface area contributed by atoms with Crippen molar-refractivity contribution in [3.8, 4) is 0 Å². The van der Waals surface area contributed by atoms with Crippen molar-refractivity contribution in [1.29, 1.82) is 0 Å². The van der Waals surface area contributed by atoms with Gasteiger partial charge in [-0.1, -0.05) is 13.3 Å². The van der Waals surface area contributed by atoms with E-state index in [1.165, 1.54) is 11.0 Å². The first kappa shape index (κ1) is 19.8. The van der Waals surface area contributed by atoms with Crippen LogP contribution >= 0.6 is 0 Å². The summed E-state index contributed by atoms with van der Waals surface area (Å²) in [6.07, 6.45) is 4.30. The standard InChI is InChI=1S/C17H29NO5/c1-7-9-16(3,4)22-23-17(5,21-6)10-8-11-18-14(19)12-13(2)15(18)20/h12H,7-11H2,1-6H3. The van der Waals surface area contributed by atoms with Crippen LogP contribution in [0.15, 0.2) is 11.6 Å². The molecule has 0 aromatic heterocycles. The van der Waals surface area contributed by atoms with E-state index in [0.29, 0.717) is 25.0 Å². The van der Waals surface area contributed by atoms with Crippen molar-refractivity contribution in [1.82, 2.24) is 4.90 Å². The topological polar surface area (TPSA) is 65.1 Å². The minimum Gasteiger partial charge on any atom is -0.351 e. The maximum Gasteiger partial charge on any atom is 0.256 e. The first-order valence-electron chi connectivity index (χ1n) is 8.10. The third-order valence-corrected chi connectivity index (χ3v) is 3.93. The van der Waals surface area contributed by atoms with Crippen molar-refractivity contribution in [2.24, 2.45) is 0 Å². The highest BCUT2D eigenvalue weighted by Gasteiger charge is 2.32. The van der Waals surface area contributed by atoms with E-state index in [4.69, 9.17) is 14.5 Å². The van der Waals surface area contributed by atoms with Gasteiger partial charge in [0.05, 0.1) is 5.60 Å². The molecule has 0 radical (unpaired) electrons. The van der Waals surface area contributed by atoms with E-state index >= 15 is 0 Å². The lowest BCUT2D eigenvalue weighted by Gasteiger charge is -2.32. The monoisotopic (exact) mass is 327 g/mol. The quantitative estimate of drug-likeness (QED) is 0.267. The molecule has 0 aromatic carbocycles. The highest BCUT2D eigenvalue weighted by Crippen LogP contribution is 2.25. The molecule has 0 spiro atoms. The Morgan fingerprint density at radius 2 is 1.78 bits per heavy atom. The molecule has 6 heteroatoms. The number of rotatable bonds is 10. The number of ether oxygens (including phenoxy) is 1. The average molecular weight is 327 g/mol. The summed E-state index contributed by atoms with van der Waals surface area (Å²) in [5.74, 6) is -1.40. The van der Waals surface area contributed by atoms with Gasteiger partial charge < -0.3 is 4.74 Å². The Hall–Kier alpha value is -1.24. The van der Waals surface area contributed by atoms with E-state index in [9.17, 15) is 9.59 Å². The number of amides is 2. The van der Waals surface area contributed by atoms with Gasteiger partial charge in [-0.2, -0.15) is 0 Å². The van der Waals surface area contributed by atoms with E-state index in [1.807, 2.05) is 13.8 Å². The molecule has 1 atom stereocenters. The molecule has 2 amide bonds. The normalized spacial score (nSPS) is 18.3. The Bertz CT molecular complexity index is 472. The van der Waals surface area contributed by atoms with Gasteiger partial charge in [0.25, 0.3) is 11.8 Å². The Morgan fingerprint density at radius 3 is 2.26 bits per heavy atom. The Kier molecular flexibility index (Phi) is 6.92. The number of hydrogen-bond acceptors (Lipinski definition) is 5. The number of imide groups is 1. The third kappa shape index (κ3) is 5.71. The van der Waals surface area contributed by atoms with Gasteiger partial charge in [-0.25, -0.2) is 9.78 Å². The Balaban J connectivity index is 2.46. The zero-order valence-corrected chi connectivity index (χ0v) is 15.1. The minimum atomic E-state index is -0.917. The van der Waals surface area contributed by atoms with Gasteiger partial charge in [-0.05, 0) is 40.5 Å². The second-order valence-corrected chi connectivity index (χ2v) is 6.74. The Morgan fingerprint density at radius 1 is 1.13 bits per heavy atom. The summed E-state index contributed by atoms with van der Waals surface area (Å²) in [5, 5.41) is 0. The SMILES string of the molecule is CCCC(C)(C)OOC(C)(CCCN1C(=O)C=C(C)C1=O)OC. The van der Waals surface area contributed by atoms with Gasteiger partial charge >= 0.3 is 0 Å². The Labute approximate surface area is 138 Å². The van der Waals surface area contributed by atoms with Crippen molar-refractivity contribution in [3.63, 3.8) is 0 Å². The maximum absolute atomic E-state index is 11.8. The third-order valence-electron chi connectivity index (χ3n) is 3.93. The summed E-state index contributed by atoms with van der Waals surface area (Å²) >= 11 is 0. The smallest absolute Gasteiger partial charge is 0.256 e. The van der Waals surface area contributed by atoms with Gasteiger partial charge in [0.15, 0.2) is 5.79 Å². The molecule has 1 heterocycles.